The molecule has 0 saturated carbocycles. The molecule has 0 aliphatic carbocycles. The second-order valence-corrected chi connectivity index (χ2v) is 9.38. The van der Waals surface area contributed by atoms with Crippen LogP contribution >= 0.6 is 0 Å². The highest BCUT2D eigenvalue weighted by molar-refractivity contribution is 7.92. The summed E-state index contributed by atoms with van der Waals surface area (Å²) < 4.78 is 43.2. The van der Waals surface area contributed by atoms with E-state index in [4.69, 9.17) is 14.2 Å². The molecule has 4 aromatic rings. The molecule has 0 fully saturated rings. The van der Waals surface area contributed by atoms with Crippen LogP contribution in [0.3, 0.4) is 0 Å². The predicted octanol–water partition coefficient (Wildman–Crippen LogP) is 4.66. The van der Waals surface area contributed by atoms with Crippen LogP contribution in [0.1, 0.15) is 0 Å². The molecule has 0 aromatic heterocycles. The van der Waals surface area contributed by atoms with Crippen molar-refractivity contribution in [3.05, 3.63) is 91.0 Å². The SMILES string of the molecule is COc1ccc(OC(=O)COc2ccc(N(C)S(=O)(=O)c3ccc4ccccc4c3)cc2)cc1. The minimum Gasteiger partial charge on any atom is -0.497 e. The van der Waals surface area contributed by atoms with Gasteiger partial charge in [0.2, 0.25) is 0 Å². The normalized spacial score (nSPS) is 11.1. The molecule has 8 heteroatoms. The number of hydrogen-bond acceptors (Lipinski definition) is 6. The summed E-state index contributed by atoms with van der Waals surface area (Å²) in [6, 6.07) is 25.7. The third kappa shape index (κ3) is 5.13. The number of sulfonamides is 1. The maximum absolute atomic E-state index is 13.1. The highest BCUT2D eigenvalue weighted by Crippen LogP contribution is 2.26. The van der Waals surface area contributed by atoms with E-state index in [1.54, 1.807) is 73.8 Å². The number of hydrogen-bond donors (Lipinski definition) is 0. The fourth-order valence-electron chi connectivity index (χ4n) is 3.32. The molecule has 4 rings (SSSR count). The number of ether oxygens (including phenoxy) is 3. The molecule has 0 heterocycles. The van der Waals surface area contributed by atoms with Crippen molar-refractivity contribution in [2.45, 2.75) is 4.90 Å². The van der Waals surface area contributed by atoms with Gasteiger partial charge in [0.1, 0.15) is 17.2 Å². The molecule has 0 unspecified atom stereocenters. The van der Waals surface area contributed by atoms with Gasteiger partial charge in [0, 0.05) is 7.05 Å². The summed E-state index contributed by atoms with van der Waals surface area (Å²) in [6.45, 7) is -0.295. The van der Waals surface area contributed by atoms with Gasteiger partial charge >= 0.3 is 5.97 Å². The van der Waals surface area contributed by atoms with Gasteiger partial charge in [-0.25, -0.2) is 13.2 Å². The van der Waals surface area contributed by atoms with Gasteiger partial charge in [0.05, 0.1) is 17.7 Å². The zero-order valence-electron chi connectivity index (χ0n) is 18.7. The minimum atomic E-state index is -3.75. The van der Waals surface area contributed by atoms with E-state index in [1.807, 2.05) is 24.3 Å². The van der Waals surface area contributed by atoms with Crippen molar-refractivity contribution in [1.29, 1.82) is 0 Å². The quantitative estimate of drug-likeness (QED) is 0.271. The van der Waals surface area contributed by atoms with Crippen LogP contribution in [0.2, 0.25) is 0 Å². The topological polar surface area (TPSA) is 82.1 Å². The zero-order valence-corrected chi connectivity index (χ0v) is 19.5. The van der Waals surface area contributed by atoms with Gasteiger partial charge in [0.25, 0.3) is 10.0 Å². The summed E-state index contributed by atoms with van der Waals surface area (Å²) in [4.78, 5) is 12.2. The van der Waals surface area contributed by atoms with E-state index in [0.717, 1.165) is 10.8 Å². The van der Waals surface area contributed by atoms with Gasteiger partial charge in [-0.1, -0.05) is 30.3 Å². The van der Waals surface area contributed by atoms with Crippen LogP contribution in [-0.4, -0.2) is 35.2 Å². The Bertz CT molecular complexity index is 1400. The number of benzene rings is 4. The van der Waals surface area contributed by atoms with Gasteiger partial charge < -0.3 is 14.2 Å². The Hall–Kier alpha value is -4.04. The predicted molar refractivity (Wildman–Crippen MR) is 130 cm³/mol. The standard InChI is InChI=1S/C26H23NO6S/c1-27(34(29,30)25-16-7-19-5-3-4-6-20(19)17-25)21-8-10-23(11-9-21)32-18-26(28)33-24-14-12-22(31-2)13-15-24/h3-17H,18H2,1-2H3. The summed E-state index contributed by atoms with van der Waals surface area (Å²) in [6.07, 6.45) is 0. The van der Waals surface area contributed by atoms with Gasteiger partial charge in [-0.05, 0) is 71.4 Å². The van der Waals surface area contributed by atoms with Crippen molar-refractivity contribution < 1.29 is 27.4 Å². The fourth-order valence-corrected chi connectivity index (χ4v) is 4.56. The Morgan fingerprint density at radius 2 is 1.41 bits per heavy atom. The van der Waals surface area contributed by atoms with Gasteiger partial charge in [-0.15, -0.1) is 0 Å². The molecule has 0 amide bonds. The molecule has 7 nitrogen and oxygen atoms in total. The summed E-state index contributed by atoms with van der Waals surface area (Å²) in [7, 11) is -0.707. The summed E-state index contributed by atoms with van der Waals surface area (Å²) in [5.41, 5.74) is 0.460. The van der Waals surface area contributed by atoms with Crippen LogP contribution in [0, 0.1) is 0 Å². The van der Waals surface area contributed by atoms with Crippen molar-refractivity contribution >= 4 is 32.5 Å². The molecule has 0 aliphatic heterocycles. The Labute approximate surface area is 198 Å². The van der Waals surface area contributed by atoms with E-state index in [0.29, 0.717) is 22.9 Å². The van der Waals surface area contributed by atoms with Crippen LogP contribution in [0.5, 0.6) is 17.2 Å². The lowest BCUT2D eigenvalue weighted by Gasteiger charge is -2.20. The van der Waals surface area contributed by atoms with E-state index < -0.39 is 16.0 Å². The number of carbonyl (C=O) groups excluding carboxylic acids is 1. The Morgan fingerprint density at radius 1 is 0.794 bits per heavy atom. The lowest BCUT2D eigenvalue weighted by atomic mass is 10.1. The third-order valence-electron chi connectivity index (χ3n) is 5.23. The van der Waals surface area contributed by atoms with Gasteiger partial charge in [-0.2, -0.15) is 0 Å². The number of carbonyl (C=O) groups is 1. The maximum atomic E-state index is 13.1. The van der Waals surface area contributed by atoms with Crippen molar-refractivity contribution in [3.8, 4) is 17.2 Å². The molecule has 0 aliphatic rings. The number of methoxy groups -OCH3 is 1. The molecule has 0 spiro atoms. The van der Waals surface area contributed by atoms with Crippen molar-refractivity contribution in [1.82, 2.24) is 0 Å². The lowest BCUT2D eigenvalue weighted by Crippen LogP contribution is -2.26. The third-order valence-corrected chi connectivity index (χ3v) is 7.01. The zero-order chi connectivity index (χ0) is 24.1. The van der Waals surface area contributed by atoms with Crippen LogP contribution in [-0.2, 0) is 14.8 Å². The van der Waals surface area contributed by atoms with E-state index in [1.165, 1.54) is 11.4 Å². The van der Waals surface area contributed by atoms with Crippen LogP contribution < -0.4 is 18.5 Å². The highest BCUT2D eigenvalue weighted by atomic mass is 32.2. The number of rotatable bonds is 8. The molecular weight excluding hydrogens is 454 g/mol. The van der Waals surface area contributed by atoms with Crippen LogP contribution in [0.25, 0.3) is 10.8 Å². The minimum absolute atomic E-state index is 0.204. The number of esters is 1. The van der Waals surface area contributed by atoms with E-state index in [9.17, 15) is 13.2 Å². The first kappa shape index (κ1) is 23.1. The highest BCUT2D eigenvalue weighted by Gasteiger charge is 2.21. The van der Waals surface area contributed by atoms with E-state index in [2.05, 4.69) is 0 Å². The largest absolute Gasteiger partial charge is 0.497 e. The Balaban J connectivity index is 1.39. The molecule has 34 heavy (non-hydrogen) atoms. The smallest absolute Gasteiger partial charge is 0.349 e. The lowest BCUT2D eigenvalue weighted by molar-refractivity contribution is -0.136. The summed E-state index contributed by atoms with van der Waals surface area (Å²) in [5.74, 6) is 0.881. The van der Waals surface area contributed by atoms with Crippen molar-refractivity contribution in [3.63, 3.8) is 0 Å². The maximum Gasteiger partial charge on any atom is 0.349 e. The van der Waals surface area contributed by atoms with Crippen molar-refractivity contribution in [2.24, 2.45) is 0 Å². The van der Waals surface area contributed by atoms with Gasteiger partial charge in [0.15, 0.2) is 6.61 Å². The molecule has 0 atom stereocenters. The van der Waals surface area contributed by atoms with Crippen LogP contribution in [0.4, 0.5) is 5.69 Å². The monoisotopic (exact) mass is 477 g/mol. The summed E-state index contributed by atoms with van der Waals surface area (Å²) >= 11 is 0. The van der Waals surface area contributed by atoms with Gasteiger partial charge in [-0.3, -0.25) is 4.31 Å². The first-order chi connectivity index (χ1) is 16.4. The molecule has 0 bridgehead atoms. The second-order valence-electron chi connectivity index (χ2n) is 7.41. The molecule has 174 valence electrons. The van der Waals surface area contributed by atoms with Crippen LogP contribution in [0.15, 0.2) is 95.9 Å². The van der Waals surface area contributed by atoms with E-state index >= 15 is 0 Å². The Morgan fingerprint density at radius 3 is 2.09 bits per heavy atom. The molecule has 4 aromatic carbocycles. The summed E-state index contributed by atoms with van der Waals surface area (Å²) in [5, 5.41) is 1.82. The van der Waals surface area contributed by atoms with E-state index in [-0.39, 0.29) is 11.5 Å². The average Bonchev–Trinajstić information content (AvgIpc) is 2.87. The molecular formula is C26H23NO6S. The second kappa shape index (κ2) is 9.84. The molecule has 0 N–H and O–H groups in total. The van der Waals surface area contributed by atoms with Crippen molar-refractivity contribution in [2.75, 3.05) is 25.1 Å². The number of nitrogens with zero attached hydrogens (tertiary/aromatic N) is 1. The molecule has 0 saturated heterocycles. The average molecular weight is 478 g/mol. The number of anilines is 1. The first-order valence-electron chi connectivity index (χ1n) is 10.4. The molecule has 0 radical (unpaired) electrons. The number of fused-ring (bicyclic) bond motifs is 1. The first-order valence-corrected chi connectivity index (χ1v) is 11.9. The fraction of sp³-hybridized carbons (Fsp3) is 0.115. The Kier molecular flexibility index (Phi) is 6.70.